The first-order valence-electron chi connectivity index (χ1n) is 14.7. The molecule has 0 aromatic heterocycles. The highest BCUT2D eigenvalue weighted by Gasteiger charge is 2.63. The van der Waals surface area contributed by atoms with E-state index in [4.69, 9.17) is 37.4 Å². The number of fused-ring (bicyclic) bond motifs is 9. The predicted octanol–water partition coefficient (Wildman–Crippen LogP) is 7.65. The van der Waals surface area contributed by atoms with Gasteiger partial charge >= 0.3 is 17.9 Å². The SMILES string of the molecule is COC(=O)C1=C(C(=O)OC)C2(c3ccccc3-c3c(C(=O)OC)cccc32)C2C=C(/C=C/c3ccc(Cl)c(Cl)c3)c3ccccc3N12. The Morgan fingerprint density at radius 3 is 2.13 bits per heavy atom. The van der Waals surface area contributed by atoms with Gasteiger partial charge in [-0.15, -0.1) is 0 Å². The second-order valence-corrected chi connectivity index (χ2v) is 12.1. The Hall–Kier alpha value is -5.11. The Morgan fingerprint density at radius 2 is 1.40 bits per heavy atom. The number of ether oxygens (including phenoxy) is 3. The molecule has 9 heteroatoms. The van der Waals surface area contributed by atoms with E-state index in [2.05, 4.69) is 0 Å². The fourth-order valence-electron chi connectivity index (χ4n) is 7.28. The molecule has 0 radical (unpaired) electrons. The lowest BCUT2D eigenvalue weighted by molar-refractivity contribution is -0.139. The number of hydrogen-bond donors (Lipinski definition) is 0. The Balaban J connectivity index is 1.59. The van der Waals surface area contributed by atoms with Crippen molar-refractivity contribution in [1.29, 1.82) is 0 Å². The summed E-state index contributed by atoms with van der Waals surface area (Å²) in [6.45, 7) is 0. The Bertz CT molecular complexity index is 2110. The first-order chi connectivity index (χ1) is 22.8. The summed E-state index contributed by atoms with van der Waals surface area (Å²) in [5.41, 5.74) is 5.22. The second kappa shape index (κ2) is 11.6. The quantitative estimate of drug-likeness (QED) is 0.160. The minimum absolute atomic E-state index is 0.0617. The van der Waals surface area contributed by atoms with Gasteiger partial charge in [-0.2, -0.15) is 0 Å². The third-order valence-corrected chi connectivity index (χ3v) is 9.83. The lowest BCUT2D eigenvalue weighted by Crippen LogP contribution is -2.46. The van der Waals surface area contributed by atoms with Gasteiger partial charge in [-0.05, 0) is 52.1 Å². The van der Waals surface area contributed by atoms with Crippen LogP contribution in [0.15, 0.2) is 108 Å². The third-order valence-electron chi connectivity index (χ3n) is 9.09. The topological polar surface area (TPSA) is 82.1 Å². The van der Waals surface area contributed by atoms with Gasteiger partial charge in [-0.25, -0.2) is 14.4 Å². The van der Waals surface area contributed by atoms with E-state index >= 15 is 0 Å². The number of para-hydroxylation sites is 1. The van der Waals surface area contributed by atoms with Crippen LogP contribution >= 0.6 is 23.2 Å². The highest BCUT2D eigenvalue weighted by Crippen LogP contribution is 2.63. The molecule has 0 saturated carbocycles. The van der Waals surface area contributed by atoms with Gasteiger partial charge in [0.2, 0.25) is 0 Å². The molecule has 4 aromatic carbocycles. The van der Waals surface area contributed by atoms with E-state index in [9.17, 15) is 14.4 Å². The van der Waals surface area contributed by atoms with Crippen molar-refractivity contribution in [3.05, 3.63) is 146 Å². The van der Waals surface area contributed by atoms with Crippen LogP contribution in [0.25, 0.3) is 22.8 Å². The van der Waals surface area contributed by atoms with E-state index < -0.39 is 29.4 Å². The van der Waals surface area contributed by atoms with Crippen molar-refractivity contribution >= 4 is 58.4 Å². The number of carbonyl (C=O) groups is 3. The van der Waals surface area contributed by atoms with Crippen molar-refractivity contribution in [2.75, 3.05) is 26.2 Å². The number of nitrogens with zero attached hydrogens (tertiary/aromatic N) is 1. The highest BCUT2D eigenvalue weighted by molar-refractivity contribution is 6.42. The average molecular weight is 665 g/mol. The van der Waals surface area contributed by atoms with Gasteiger partial charge in [-0.1, -0.05) is 102 Å². The van der Waals surface area contributed by atoms with Crippen LogP contribution in [0.1, 0.15) is 32.6 Å². The molecule has 1 aliphatic carbocycles. The zero-order valence-electron chi connectivity index (χ0n) is 25.5. The molecule has 0 bridgehead atoms. The summed E-state index contributed by atoms with van der Waals surface area (Å²) in [4.78, 5) is 43.1. The molecule has 0 saturated heterocycles. The van der Waals surface area contributed by atoms with Gasteiger partial charge in [0, 0.05) is 16.8 Å². The minimum Gasteiger partial charge on any atom is -0.466 e. The van der Waals surface area contributed by atoms with Crippen molar-refractivity contribution in [3.63, 3.8) is 0 Å². The van der Waals surface area contributed by atoms with Gasteiger partial charge in [-0.3, -0.25) is 0 Å². The number of rotatable bonds is 5. The summed E-state index contributed by atoms with van der Waals surface area (Å²) < 4.78 is 16.0. The van der Waals surface area contributed by atoms with Crippen molar-refractivity contribution in [2.45, 2.75) is 11.5 Å². The molecule has 2 heterocycles. The summed E-state index contributed by atoms with van der Waals surface area (Å²) in [6, 6.07) is 25.3. The van der Waals surface area contributed by atoms with Gasteiger partial charge in [0.05, 0.1) is 54.0 Å². The second-order valence-electron chi connectivity index (χ2n) is 11.2. The smallest absolute Gasteiger partial charge is 0.355 e. The van der Waals surface area contributed by atoms with Crippen molar-refractivity contribution in [3.8, 4) is 11.1 Å². The molecule has 2 aliphatic heterocycles. The summed E-state index contributed by atoms with van der Waals surface area (Å²) in [7, 11) is 3.91. The maximum absolute atomic E-state index is 14.1. The van der Waals surface area contributed by atoms with Gasteiger partial charge in [0.1, 0.15) is 5.70 Å². The van der Waals surface area contributed by atoms with E-state index in [1.54, 1.807) is 24.3 Å². The molecule has 234 valence electrons. The summed E-state index contributed by atoms with van der Waals surface area (Å²) in [6.07, 6.45) is 5.96. The molecular formula is C38H27Cl2NO6. The van der Waals surface area contributed by atoms with Crippen LogP contribution in [0.2, 0.25) is 10.0 Å². The fourth-order valence-corrected chi connectivity index (χ4v) is 7.59. The van der Waals surface area contributed by atoms with Gasteiger partial charge in [0.15, 0.2) is 0 Å². The molecule has 0 N–H and O–H groups in total. The minimum atomic E-state index is -1.29. The molecule has 47 heavy (non-hydrogen) atoms. The summed E-state index contributed by atoms with van der Waals surface area (Å²) in [5.74, 6) is -1.90. The van der Waals surface area contributed by atoms with Crippen LogP contribution in [0.4, 0.5) is 5.69 Å². The van der Waals surface area contributed by atoms with E-state index in [0.29, 0.717) is 32.4 Å². The Kier molecular flexibility index (Phi) is 7.54. The molecule has 0 fully saturated rings. The molecule has 4 aromatic rings. The zero-order chi connectivity index (χ0) is 33.0. The molecule has 1 spiro atoms. The van der Waals surface area contributed by atoms with Crippen molar-refractivity contribution in [1.82, 2.24) is 0 Å². The van der Waals surface area contributed by atoms with Gasteiger partial charge in [0.25, 0.3) is 0 Å². The highest BCUT2D eigenvalue weighted by atomic mass is 35.5. The molecule has 7 nitrogen and oxygen atoms in total. The largest absolute Gasteiger partial charge is 0.466 e. The van der Waals surface area contributed by atoms with E-state index in [-0.39, 0.29) is 11.3 Å². The Labute approximate surface area is 281 Å². The molecule has 2 unspecified atom stereocenters. The van der Waals surface area contributed by atoms with Crippen LogP contribution in [-0.4, -0.2) is 45.3 Å². The molecule has 2 atom stereocenters. The normalized spacial score (nSPS) is 18.8. The van der Waals surface area contributed by atoms with E-state index in [0.717, 1.165) is 27.8 Å². The molecule has 7 rings (SSSR count). The third kappa shape index (κ3) is 4.38. The maximum Gasteiger partial charge on any atom is 0.355 e. The van der Waals surface area contributed by atoms with Crippen LogP contribution in [0.5, 0.6) is 0 Å². The zero-order valence-corrected chi connectivity index (χ0v) is 27.1. The van der Waals surface area contributed by atoms with E-state index in [1.165, 1.54) is 21.3 Å². The fraction of sp³-hybridized carbons (Fsp3) is 0.132. The van der Waals surface area contributed by atoms with E-state index in [1.807, 2.05) is 83.8 Å². The van der Waals surface area contributed by atoms with Crippen LogP contribution < -0.4 is 4.90 Å². The predicted molar refractivity (Wildman–Crippen MR) is 181 cm³/mol. The summed E-state index contributed by atoms with van der Waals surface area (Å²) in [5, 5.41) is 0.888. The summed E-state index contributed by atoms with van der Waals surface area (Å²) >= 11 is 12.5. The van der Waals surface area contributed by atoms with Crippen LogP contribution in [0, 0.1) is 0 Å². The number of esters is 3. The number of allylic oxidation sites excluding steroid dienone is 2. The molecule has 3 aliphatic rings. The van der Waals surface area contributed by atoms with Crippen molar-refractivity contribution < 1.29 is 28.6 Å². The number of hydrogen-bond acceptors (Lipinski definition) is 7. The van der Waals surface area contributed by atoms with Gasteiger partial charge < -0.3 is 19.1 Å². The average Bonchev–Trinajstić information content (AvgIpc) is 3.58. The number of carbonyl (C=O) groups excluding carboxylic acids is 3. The molecule has 0 amide bonds. The maximum atomic E-state index is 14.1. The Morgan fingerprint density at radius 1 is 0.723 bits per heavy atom. The molecular weight excluding hydrogens is 637 g/mol. The number of halogens is 2. The lowest BCUT2D eigenvalue weighted by Gasteiger charge is -2.41. The standard InChI is InChI=1S/C38H27Cl2NO6/c1-45-35(42)25-11-8-13-27-32(25)24-10-4-6-12-26(24)38(27)31-20-22(17-15-21-16-18-28(39)29(40)19-21)23-9-5-7-14-30(23)41(31)34(37(44)47-3)33(38)36(43)46-2/h4-20,31H,1-3H3/b17-15+. The van der Waals surface area contributed by atoms with Crippen LogP contribution in [0.3, 0.4) is 0 Å². The first-order valence-corrected chi connectivity index (χ1v) is 15.5. The van der Waals surface area contributed by atoms with Crippen molar-refractivity contribution in [2.24, 2.45) is 0 Å². The number of methoxy groups -OCH3 is 3. The number of benzene rings is 4. The first kappa shape index (κ1) is 30.5. The lowest BCUT2D eigenvalue weighted by atomic mass is 9.67. The van der Waals surface area contributed by atoms with Crippen LogP contribution in [-0.2, 0) is 29.2 Å². The monoisotopic (exact) mass is 663 g/mol. The number of anilines is 1.